The molecule has 4 N–H and O–H groups in total. The topological polar surface area (TPSA) is 197 Å². The maximum Gasteiger partial charge on any atom is 0.335 e. The van der Waals surface area contributed by atoms with Gasteiger partial charge in [0.2, 0.25) is 17.4 Å². The van der Waals surface area contributed by atoms with Crippen molar-refractivity contribution in [3.05, 3.63) is 81.2 Å². The fourth-order valence-electron chi connectivity index (χ4n) is 3.23. The zero-order chi connectivity index (χ0) is 25.4. The molecule has 13 heteroatoms. The Morgan fingerprint density at radius 3 is 2.23 bits per heavy atom. The minimum atomic E-state index is -1.26. The zero-order valence-electron chi connectivity index (χ0n) is 17.2. The fraction of sp³-hybridized carbons (Fsp3) is 0. The Bertz CT molecular complexity index is 1510. The summed E-state index contributed by atoms with van der Waals surface area (Å²) in [4.78, 5) is 39.0. The second-order valence-corrected chi connectivity index (χ2v) is 7.07. The number of aromatic hydroxyl groups is 3. The third-order valence-corrected chi connectivity index (χ3v) is 4.92. The van der Waals surface area contributed by atoms with Crippen molar-refractivity contribution in [3.8, 4) is 40.1 Å². The van der Waals surface area contributed by atoms with Gasteiger partial charge in [0.15, 0.2) is 17.3 Å². The average Bonchev–Trinajstić information content (AvgIpc) is 3.31. The predicted molar refractivity (Wildman–Crippen MR) is 114 cm³/mol. The molecule has 0 radical (unpaired) electrons. The van der Waals surface area contributed by atoms with Gasteiger partial charge >= 0.3 is 11.7 Å². The summed E-state index contributed by atoms with van der Waals surface area (Å²) in [6.07, 6.45) is 0. The quantitative estimate of drug-likeness (QED) is 0.136. The van der Waals surface area contributed by atoms with Crippen LogP contribution in [0.2, 0.25) is 0 Å². The molecule has 0 atom stereocenters. The molecular formula is C22H12FN3O9. The number of aromatic nitrogens is 2. The van der Waals surface area contributed by atoms with E-state index in [2.05, 4.69) is 10.1 Å². The molecule has 3 aromatic carbocycles. The summed E-state index contributed by atoms with van der Waals surface area (Å²) < 4.78 is 18.5. The van der Waals surface area contributed by atoms with Crippen molar-refractivity contribution in [1.29, 1.82) is 0 Å². The van der Waals surface area contributed by atoms with Crippen molar-refractivity contribution in [1.82, 2.24) is 10.1 Å². The third kappa shape index (κ3) is 4.08. The molecule has 1 heterocycles. The van der Waals surface area contributed by atoms with E-state index in [4.69, 9.17) is 9.63 Å². The minimum absolute atomic E-state index is 0.105. The number of hydrogen-bond acceptors (Lipinski definition) is 10. The number of nitro benzene ring substituents is 1. The van der Waals surface area contributed by atoms with Gasteiger partial charge in [0.05, 0.1) is 16.1 Å². The summed E-state index contributed by atoms with van der Waals surface area (Å²) in [5.74, 6) is -6.69. The van der Waals surface area contributed by atoms with E-state index >= 15 is 0 Å². The summed E-state index contributed by atoms with van der Waals surface area (Å²) in [5, 5.41) is 54.2. The van der Waals surface area contributed by atoms with Crippen molar-refractivity contribution in [3.63, 3.8) is 0 Å². The van der Waals surface area contributed by atoms with E-state index < -0.39 is 62.4 Å². The van der Waals surface area contributed by atoms with Crippen LogP contribution in [0.1, 0.15) is 26.3 Å². The van der Waals surface area contributed by atoms with Crippen LogP contribution in [0.25, 0.3) is 22.8 Å². The van der Waals surface area contributed by atoms with Gasteiger partial charge in [0.25, 0.3) is 5.89 Å². The van der Waals surface area contributed by atoms with E-state index in [1.807, 2.05) is 0 Å². The van der Waals surface area contributed by atoms with E-state index in [0.717, 1.165) is 42.5 Å². The Kier molecular flexibility index (Phi) is 5.58. The molecule has 0 aliphatic rings. The number of nitro groups is 1. The monoisotopic (exact) mass is 481 g/mol. The highest BCUT2D eigenvalue weighted by Gasteiger charge is 2.34. The number of nitrogens with zero attached hydrogens (tertiary/aromatic N) is 3. The lowest BCUT2D eigenvalue weighted by Gasteiger charge is -2.10. The summed E-state index contributed by atoms with van der Waals surface area (Å²) >= 11 is 0. The number of carboxylic acid groups (broad SMARTS) is 1. The first-order valence-electron chi connectivity index (χ1n) is 9.52. The van der Waals surface area contributed by atoms with Gasteiger partial charge in [-0.2, -0.15) is 4.98 Å². The van der Waals surface area contributed by atoms with Gasteiger partial charge in [0.1, 0.15) is 5.56 Å². The number of hydrogen-bond donors (Lipinski definition) is 4. The number of phenolic OH excluding ortho intramolecular Hbond substituents is 3. The van der Waals surface area contributed by atoms with Crippen LogP contribution in [-0.4, -0.2) is 47.2 Å². The van der Waals surface area contributed by atoms with Crippen LogP contribution in [0.5, 0.6) is 17.2 Å². The largest absolute Gasteiger partial charge is 0.505 e. The predicted octanol–water partition coefficient (Wildman–Crippen LogP) is 3.50. The average molecular weight is 481 g/mol. The van der Waals surface area contributed by atoms with E-state index in [9.17, 15) is 39.4 Å². The van der Waals surface area contributed by atoms with Crippen molar-refractivity contribution in [2.45, 2.75) is 0 Å². The lowest BCUT2D eigenvalue weighted by Crippen LogP contribution is -2.09. The van der Waals surface area contributed by atoms with Gasteiger partial charge in [-0.05, 0) is 36.4 Å². The van der Waals surface area contributed by atoms with Crippen molar-refractivity contribution < 1.29 is 43.9 Å². The normalized spacial score (nSPS) is 10.8. The first-order chi connectivity index (χ1) is 16.6. The van der Waals surface area contributed by atoms with E-state index in [1.165, 1.54) is 6.07 Å². The maximum absolute atomic E-state index is 13.4. The molecule has 0 saturated carbocycles. The number of carbonyl (C=O) groups is 2. The van der Waals surface area contributed by atoms with Crippen LogP contribution < -0.4 is 0 Å². The maximum atomic E-state index is 13.4. The van der Waals surface area contributed by atoms with Gasteiger partial charge in [-0.1, -0.05) is 17.3 Å². The zero-order valence-corrected chi connectivity index (χ0v) is 17.2. The SMILES string of the molecule is O=C(O)c1ccc(C(=O)c2c(-c3nc(-c4ccc(F)c(O)c4)no3)cc(O)c(O)c2[N+](=O)[O-])cc1. The van der Waals surface area contributed by atoms with E-state index in [0.29, 0.717) is 0 Å². The van der Waals surface area contributed by atoms with Crippen molar-refractivity contribution in [2.24, 2.45) is 0 Å². The van der Waals surface area contributed by atoms with Gasteiger partial charge in [-0.3, -0.25) is 14.9 Å². The molecule has 0 aliphatic carbocycles. The second-order valence-electron chi connectivity index (χ2n) is 7.07. The number of carboxylic acids is 1. The summed E-state index contributed by atoms with van der Waals surface area (Å²) in [7, 11) is 0. The molecule has 0 unspecified atom stereocenters. The van der Waals surface area contributed by atoms with Crippen LogP contribution in [0.4, 0.5) is 10.1 Å². The van der Waals surface area contributed by atoms with Crippen LogP contribution in [-0.2, 0) is 0 Å². The molecular weight excluding hydrogens is 469 g/mol. The van der Waals surface area contributed by atoms with E-state index in [-0.39, 0.29) is 22.5 Å². The molecule has 4 rings (SSSR count). The molecule has 4 aromatic rings. The van der Waals surface area contributed by atoms with Gasteiger partial charge < -0.3 is 24.9 Å². The molecule has 176 valence electrons. The molecule has 0 spiro atoms. The lowest BCUT2D eigenvalue weighted by atomic mass is 9.94. The lowest BCUT2D eigenvalue weighted by molar-refractivity contribution is -0.386. The molecule has 0 saturated heterocycles. The van der Waals surface area contributed by atoms with Crippen LogP contribution in [0, 0.1) is 15.9 Å². The Hall–Kier alpha value is -5.33. The first kappa shape index (κ1) is 22.8. The molecule has 0 fully saturated rings. The molecule has 0 aliphatic heterocycles. The molecule has 0 amide bonds. The number of ketones is 1. The van der Waals surface area contributed by atoms with Crippen molar-refractivity contribution in [2.75, 3.05) is 0 Å². The molecule has 1 aromatic heterocycles. The minimum Gasteiger partial charge on any atom is -0.505 e. The van der Waals surface area contributed by atoms with Crippen LogP contribution >= 0.6 is 0 Å². The van der Waals surface area contributed by atoms with Gasteiger partial charge in [-0.25, -0.2) is 9.18 Å². The highest BCUT2D eigenvalue weighted by molar-refractivity contribution is 6.16. The number of halogens is 1. The molecule has 35 heavy (non-hydrogen) atoms. The summed E-state index contributed by atoms with van der Waals surface area (Å²) in [6, 6.07) is 8.40. The Morgan fingerprint density at radius 2 is 1.63 bits per heavy atom. The highest BCUT2D eigenvalue weighted by Crippen LogP contribution is 2.44. The number of phenols is 3. The number of aromatic carboxylic acids is 1. The fourth-order valence-corrected chi connectivity index (χ4v) is 3.23. The van der Waals surface area contributed by atoms with Gasteiger partial charge in [0, 0.05) is 11.1 Å². The van der Waals surface area contributed by atoms with Gasteiger partial charge in [-0.15, -0.1) is 0 Å². The third-order valence-electron chi connectivity index (χ3n) is 4.92. The Labute approximate surface area is 193 Å². The summed E-state index contributed by atoms with van der Waals surface area (Å²) in [5.41, 5.74) is -2.49. The Balaban J connectivity index is 1.90. The molecule has 12 nitrogen and oxygen atoms in total. The first-order valence-corrected chi connectivity index (χ1v) is 9.52. The van der Waals surface area contributed by atoms with Crippen LogP contribution in [0.3, 0.4) is 0 Å². The summed E-state index contributed by atoms with van der Waals surface area (Å²) in [6.45, 7) is 0. The number of rotatable bonds is 6. The van der Waals surface area contributed by atoms with E-state index in [1.54, 1.807) is 0 Å². The second kappa shape index (κ2) is 8.55. The number of carbonyl (C=O) groups excluding carboxylic acids is 1. The smallest absolute Gasteiger partial charge is 0.335 e. The standard InChI is InChI=1S/C22H12FN3O9/c23-13-6-5-11(7-14(13)27)20-24-21(35-25-20)12-8-15(28)19(30)17(26(33)34)16(12)18(29)9-1-3-10(4-2-9)22(31)32/h1-8,27-28,30H,(H,31,32). The highest BCUT2D eigenvalue weighted by atomic mass is 19.1. The Morgan fingerprint density at radius 1 is 0.971 bits per heavy atom. The van der Waals surface area contributed by atoms with Crippen molar-refractivity contribution >= 4 is 17.4 Å². The van der Waals surface area contributed by atoms with Crippen LogP contribution in [0.15, 0.2) is 53.1 Å². The number of benzene rings is 3. The molecule has 0 bridgehead atoms.